The lowest BCUT2D eigenvalue weighted by Crippen LogP contribution is -1.92. The zero-order valence-corrected chi connectivity index (χ0v) is 11.4. The van der Waals surface area contributed by atoms with Crippen LogP contribution in [0.3, 0.4) is 0 Å². The Morgan fingerprint density at radius 3 is 2.76 bits per heavy atom. The minimum Gasteiger partial charge on any atom is -0.439 e. The zero-order valence-electron chi connectivity index (χ0n) is 9.08. The molecule has 0 aliphatic heterocycles. The molecule has 0 aliphatic carbocycles. The molecule has 0 saturated heterocycles. The Labute approximate surface area is 113 Å². The number of hydrogen-bond donors (Lipinski definition) is 1. The number of ether oxygens (including phenoxy) is 1. The van der Waals surface area contributed by atoms with Gasteiger partial charge in [0, 0.05) is 16.6 Å². The Kier molecular flexibility index (Phi) is 3.54. The molecule has 0 saturated carbocycles. The molecule has 0 aliphatic rings. The average Bonchev–Trinajstić information content (AvgIpc) is 2.29. The molecule has 0 amide bonds. The Hall–Kier alpha value is -1.26. The quantitative estimate of drug-likeness (QED) is 0.904. The molecule has 5 heteroatoms. The van der Waals surface area contributed by atoms with Gasteiger partial charge in [-0.3, -0.25) is 0 Å². The molecule has 17 heavy (non-hydrogen) atoms. The van der Waals surface area contributed by atoms with Crippen LogP contribution in [0, 0.1) is 6.92 Å². The Bertz CT molecular complexity index is 543. The molecule has 0 radical (unpaired) electrons. The number of aromatic nitrogens is 1. The van der Waals surface area contributed by atoms with E-state index in [4.69, 9.17) is 22.1 Å². The number of pyridine rings is 1. The zero-order chi connectivity index (χ0) is 12.4. The number of nitrogen functional groups attached to an aromatic ring is 1. The van der Waals surface area contributed by atoms with Gasteiger partial charge < -0.3 is 10.5 Å². The van der Waals surface area contributed by atoms with E-state index in [9.17, 15) is 0 Å². The molecule has 0 unspecified atom stereocenters. The van der Waals surface area contributed by atoms with E-state index < -0.39 is 0 Å². The third-order valence-electron chi connectivity index (χ3n) is 2.19. The Morgan fingerprint density at radius 2 is 2.12 bits per heavy atom. The van der Waals surface area contributed by atoms with Crippen LogP contribution < -0.4 is 10.5 Å². The second kappa shape index (κ2) is 4.94. The maximum atomic E-state index is 6.01. The van der Waals surface area contributed by atoms with Crippen LogP contribution in [0.2, 0.25) is 5.02 Å². The van der Waals surface area contributed by atoms with Gasteiger partial charge in [-0.25, -0.2) is 4.98 Å². The minimum absolute atomic E-state index is 0.487. The lowest BCUT2D eigenvalue weighted by Gasteiger charge is -2.09. The molecule has 1 heterocycles. The molecule has 1 aromatic heterocycles. The van der Waals surface area contributed by atoms with Crippen molar-refractivity contribution in [2.24, 2.45) is 0 Å². The molecule has 2 rings (SSSR count). The van der Waals surface area contributed by atoms with Crippen molar-refractivity contribution in [1.82, 2.24) is 4.98 Å². The van der Waals surface area contributed by atoms with Crippen LogP contribution in [0.15, 0.2) is 34.9 Å². The predicted octanol–water partition coefficient (Wildman–Crippen LogP) is 4.18. The smallest absolute Gasteiger partial charge is 0.219 e. The number of aryl methyl sites for hydroxylation is 1. The molecule has 2 N–H and O–H groups in total. The van der Waals surface area contributed by atoms with E-state index in [-0.39, 0.29) is 0 Å². The highest BCUT2D eigenvalue weighted by Gasteiger charge is 2.06. The van der Waals surface area contributed by atoms with Gasteiger partial charge in [0.1, 0.15) is 5.75 Å². The van der Waals surface area contributed by atoms with Crippen molar-refractivity contribution in [3.05, 3.63) is 45.5 Å². The number of anilines is 1. The summed E-state index contributed by atoms with van der Waals surface area (Å²) in [7, 11) is 0. The van der Waals surface area contributed by atoms with Crippen molar-refractivity contribution < 1.29 is 4.74 Å². The van der Waals surface area contributed by atoms with Crippen molar-refractivity contribution in [3.8, 4) is 11.6 Å². The third-order valence-corrected chi connectivity index (χ3v) is 3.39. The second-order valence-corrected chi connectivity index (χ2v) is 4.83. The summed E-state index contributed by atoms with van der Waals surface area (Å²) in [6, 6.07) is 7.09. The van der Waals surface area contributed by atoms with Crippen LogP contribution in [0.25, 0.3) is 0 Å². The van der Waals surface area contributed by atoms with Crippen LogP contribution in [0.4, 0.5) is 5.69 Å². The fourth-order valence-corrected chi connectivity index (χ4v) is 1.91. The maximum absolute atomic E-state index is 6.01. The SMILES string of the molecule is Cc1cc(Br)c(Cl)cc1Oc1ccc(N)cn1. The van der Waals surface area contributed by atoms with Gasteiger partial charge in [-0.05, 0) is 40.5 Å². The van der Waals surface area contributed by atoms with Gasteiger partial charge in [0.05, 0.1) is 16.9 Å². The summed E-state index contributed by atoms with van der Waals surface area (Å²) in [6.07, 6.45) is 1.55. The summed E-state index contributed by atoms with van der Waals surface area (Å²) in [4.78, 5) is 4.06. The first kappa shape index (κ1) is 12.2. The Balaban J connectivity index is 2.30. The van der Waals surface area contributed by atoms with Crippen LogP contribution in [0.5, 0.6) is 11.6 Å². The average molecular weight is 314 g/mol. The first-order valence-corrected chi connectivity index (χ1v) is 6.08. The number of benzene rings is 1. The lowest BCUT2D eigenvalue weighted by atomic mass is 10.2. The van der Waals surface area contributed by atoms with E-state index in [1.54, 1.807) is 24.4 Å². The van der Waals surface area contributed by atoms with E-state index in [2.05, 4.69) is 20.9 Å². The summed E-state index contributed by atoms with van der Waals surface area (Å²) in [5, 5.41) is 0.598. The molecule has 0 atom stereocenters. The number of hydrogen-bond acceptors (Lipinski definition) is 3. The van der Waals surface area contributed by atoms with Gasteiger partial charge in [0.2, 0.25) is 5.88 Å². The molecule has 1 aromatic carbocycles. The molecule has 0 bridgehead atoms. The number of nitrogens with zero attached hydrogens (tertiary/aromatic N) is 1. The maximum Gasteiger partial charge on any atom is 0.219 e. The van der Waals surface area contributed by atoms with Gasteiger partial charge in [0.25, 0.3) is 0 Å². The topological polar surface area (TPSA) is 48.1 Å². The molecule has 0 fully saturated rings. The van der Waals surface area contributed by atoms with E-state index >= 15 is 0 Å². The summed E-state index contributed by atoms with van der Waals surface area (Å²) in [6.45, 7) is 1.94. The largest absolute Gasteiger partial charge is 0.439 e. The lowest BCUT2D eigenvalue weighted by molar-refractivity contribution is 0.459. The van der Waals surface area contributed by atoms with Crippen molar-refractivity contribution in [2.75, 3.05) is 5.73 Å². The Morgan fingerprint density at radius 1 is 1.35 bits per heavy atom. The second-order valence-electron chi connectivity index (χ2n) is 3.56. The highest BCUT2D eigenvalue weighted by molar-refractivity contribution is 9.10. The van der Waals surface area contributed by atoms with E-state index in [0.29, 0.717) is 22.3 Å². The standard InChI is InChI=1S/C12H10BrClN2O/c1-7-4-9(13)10(14)5-11(7)17-12-3-2-8(15)6-16-12/h2-6H,15H2,1H3. The van der Waals surface area contributed by atoms with Gasteiger partial charge >= 0.3 is 0 Å². The highest BCUT2D eigenvalue weighted by atomic mass is 79.9. The number of rotatable bonds is 2. The molecule has 3 nitrogen and oxygen atoms in total. The number of halogens is 2. The van der Waals surface area contributed by atoms with Crippen molar-refractivity contribution in [3.63, 3.8) is 0 Å². The van der Waals surface area contributed by atoms with Gasteiger partial charge in [0.15, 0.2) is 0 Å². The van der Waals surface area contributed by atoms with Crippen LogP contribution in [-0.4, -0.2) is 4.98 Å². The summed E-state index contributed by atoms with van der Waals surface area (Å²) < 4.78 is 6.47. The summed E-state index contributed by atoms with van der Waals surface area (Å²) in [5.74, 6) is 1.16. The van der Waals surface area contributed by atoms with Crippen LogP contribution in [-0.2, 0) is 0 Å². The van der Waals surface area contributed by atoms with Crippen LogP contribution >= 0.6 is 27.5 Å². The fraction of sp³-hybridized carbons (Fsp3) is 0.0833. The summed E-state index contributed by atoms with van der Waals surface area (Å²) >= 11 is 9.37. The van der Waals surface area contributed by atoms with Crippen molar-refractivity contribution in [2.45, 2.75) is 6.92 Å². The van der Waals surface area contributed by atoms with Crippen molar-refractivity contribution in [1.29, 1.82) is 0 Å². The normalized spacial score (nSPS) is 10.3. The monoisotopic (exact) mass is 312 g/mol. The van der Waals surface area contributed by atoms with E-state index in [0.717, 1.165) is 10.0 Å². The van der Waals surface area contributed by atoms with Gasteiger partial charge in [-0.1, -0.05) is 11.6 Å². The molecular weight excluding hydrogens is 304 g/mol. The highest BCUT2D eigenvalue weighted by Crippen LogP contribution is 2.32. The van der Waals surface area contributed by atoms with E-state index in [1.807, 2.05) is 13.0 Å². The molecular formula is C12H10BrClN2O. The fourth-order valence-electron chi connectivity index (χ4n) is 1.30. The third kappa shape index (κ3) is 2.90. The summed E-state index contributed by atoms with van der Waals surface area (Å²) in [5.41, 5.74) is 7.12. The van der Waals surface area contributed by atoms with Crippen LogP contribution in [0.1, 0.15) is 5.56 Å². The number of nitrogens with two attached hydrogens (primary N) is 1. The molecule has 2 aromatic rings. The minimum atomic E-state index is 0.487. The molecule has 88 valence electrons. The first-order chi connectivity index (χ1) is 8.06. The van der Waals surface area contributed by atoms with Gasteiger partial charge in [-0.15, -0.1) is 0 Å². The predicted molar refractivity (Wildman–Crippen MR) is 72.6 cm³/mol. The van der Waals surface area contributed by atoms with E-state index in [1.165, 1.54) is 0 Å². The first-order valence-electron chi connectivity index (χ1n) is 4.91. The molecule has 0 spiro atoms. The van der Waals surface area contributed by atoms with Gasteiger partial charge in [-0.2, -0.15) is 0 Å². The van der Waals surface area contributed by atoms with Crippen molar-refractivity contribution >= 4 is 33.2 Å².